The minimum atomic E-state index is -0.864. The topological polar surface area (TPSA) is 97.6 Å². The second kappa shape index (κ2) is 12.9. The summed E-state index contributed by atoms with van der Waals surface area (Å²) >= 11 is 4.74. The highest BCUT2D eigenvalue weighted by atomic mass is 79.9. The molecular weight excluding hydrogens is 636 g/mol. The van der Waals surface area contributed by atoms with Crippen molar-refractivity contribution >= 4 is 45.0 Å². The number of carbonyl (C=O) groups is 1. The molecule has 9 nitrogen and oxygen atoms in total. The molecule has 5 rings (SSSR count). The fraction of sp³-hybridized carbons (Fsp3) is 0.219. The Morgan fingerprint density at radius 3 is 2.28 bits per heavy atom. The number of thiazole rings is 1. The molecule has 0 saturated carbocycles. The molecule has 0 N–H and O–H groups in total. The van der Waals surface area contributed by atoms with Gasteiger partial charge >= 0.3 is 5.97 Å². The maximum Gasteiger partial charge on any atom is 0.338 e. The average Bonchev–Trinajstić information content (AvgIpc) is 3.34. The zero-order valence-corrected chi connectivity index (χ0v) is 26.6. The van der Waals surface area contributed by atoms with E-state index in [4.69, 9.17) is 28.7 Å². The molecule has 11 heteroatoms. The molecule has 0 radical (unpaired) electrons. The first-order chi connectivity index (χ1) is 20.8. The molecule has 0 aliphatic carbocycles. The first-order valence-corrected chi connectivity index (χ1v) is 14.9. The van der Waals surface area contributed by atoms with E-state index in [1.165, 1.54) is 23.0 Å². The zero-order valence-electron chi connectivity index (χ0n) is 24.2. The molecule has 43 heavy (non-hydrogen) atoms. The fourth-order valence-electron chi connectivity index (χ4n) is 4.92. The number of fused-ring (bicyclic) bond motifs is 1. The molecule has 2 heterocycles. The smallest absolute Gasteiger partial charge is 0.338 e. The third kappa shape index (κ3) is 5.70. The van der Waals surface area contributed by atoms with E-state index in [2.05, 4.69) is 15.9 Å². The summed E-state index contributed by atoms with van der Waals surface area (Å²) in [5.74, 6) is 1.52. The highest BCUT2D eigenvalue weighted by Crippen LogP contribution is 2.39. The first-order valence-electron chi connectivity index (χ1n) is 13.3. The third-order valence-corrected chi connectivity index (χ3v) is 8.49. The molecule has 0 spiro atoms. The van der Waals surface area contributed by atoms with Crippen LogP contribution in [0.4, 0.5) is 0 Å². The van der Waals surface area contributed by atoms with Crippen LogP contribution in [-0.4, -0.2) is 45.6 Å². The number of nitrogens with zero attached hydrogens (tertiary/aromatic N) is 2. The van der Waals surface area contributed by atoms with Crippen molar-refractivity contribution in [2.45, 2.75) is 13.0 Å². The Kier molecular flexibility index (Phi) is 9.02. The van der Waals surface area contributed by atoms with Crippen molar-refractivity contribution < 1.29 is 28.5 Å². The lowest BCUT2D eigenvalue weighted by molar-refractivity contribution is -0.138. The summed E-state index contributed by atoms with van der Waals surface area (Å²) in [6, 6.07) is 17.4. The Bertz CT molecular complexity index is 1900. The Labute approximate surface area is 260 Å². The van der Waals surface area contributed by atoms with Crippen LogP contribution in [0.25, 0.3) is 11.8 Å². The van der Waals surface area contributed by atoms with E-state index in [1.54, 1.807) is 58.6 Å². The molecular formula is C32H29BrN2O7S. The van der Waals surface area contributed by atoms with E-state index in [-0.39, 0.29) is 17.7 Å². The molecule has 0 fully saturated rings. The molecule has 1 aliphatic rings. The lowest BCUT2D eigenvalue weighted by atomic mass is 9.93. The molecule has 1 aliphatic heterocycles. The second-order valence-electron chi connectivity index (χ2n) is 9.27. The van der Waals surface area contributed by atoms with Crippen LogP contribution in [0.1, 0.15) is 29.7 Å². The molecule has 3 aromatic carbocycles. The molecule has 0 unspecified atom stereocenters. The summed E-state index contributed by atoms with van der Waals surface area (Å²) in [7, 11) is 6.20. The number of methoxy groups -OCH3 is 4. The number of hydrogen-bond acceptors (Lipinski definition) is 9. The number of esters is 1. The van der Waals surface area contributed by atoms with Gasteiger partial charge in [-0.25, -0.2) is 9.79 Å². The lowest BCUT2D eigenvalue weighted by Gasteiger charge is -2.26. The molecule has 0 bridgehead atoms. The minimum Gasteiger partial charge on any atom is -0.496 e. The maximum atomic E-state index is 14.2. The van der Waals surface area contributed by atoms with Crippen molar-refractivity contribution in [2.24, 2.45) is 4.99 Å². The number of ether oxygens (including phenoxy) is 5. The highest BCUT2D eigenvalue weighted by Gasteiger charge is 2.35. The van der Waals surface area contributed by atoms with Gasteiger partial charge in [-0.2, -0.15) is 0 Å². The van der Waals surface area contributed by atoms with Gasteiger partial charge in [0.1, 0.15) is 11.5 Å². The van der Waals surface area contributed by atoms with Crippen molar-refractivity contribution in [1.82, 2.24) is 4.57 Å². The fourth-order valence-corrected chi connectivity index (χ4v) is 6.43. The van der Waals surface area contributed by atoms with Crippen molar-refractivity contribution in [2.75, 3.05) is 35.0 Å². The van der Waals surface area contributed by atoms with Crippen LogP contribution >= 0.6 is 27.3 Å². The number of halogens is 1. The van der Waals surface area contributed by atoms with Crippen molar-refractivity contribution in [3.63, 3.8) is 0 Å². The van der Waals surface area contributed by atoms with Crippen LogP contribution in [0.5, 0.6) is 23.0 Å². The largest absolute Gasteiger partial charge is 0.496 e. The van der Waals surface area contributed by atoms with Gasteiger partial charge in [0.15, 0.2) is 16.3 Å². The second-order valence-corrected chi connectivity index (χ2v) is 11.1. The van der Waals surface area contributed by atoms with Crippen LogP contribution in [0.15, 0.2) is 80.5 Å². The van der Waals surface area contributed by atoms with Gasteiger partial charge < -0.3 is 23.7 Å². The first kappa shape index (κ1) is 30.1. The Morgan fingerprint density at radius 1 is 0.930 bits per heavy atom. The normalized spacial score (nSPS) is 14.6. The van der Waals surface area contributed by atoms with Gasteiger partial charge in [0, 0.05) is 17.2 Å². The van der Waals surface area contributed by atoms with Gasteiger partial charge in [0.2, 0.25) is 0 Å². The minimum absolute atomic E-state index is 0.152. The van der Waals surface area contributed by atoms with Gasteiger partial charge in [-0.1, -0.05) is 47.7 Å². The van der Waals surface area contributed by atoms with Crippen LogP contribution in [0.3, 0.4) is 0 Å². The van der Waals surface area contributed by atoms with E-state index >= 15 is 0 Å². The summed E-state index contributed by atoms with van der Waals surface area (Å²) in [6.07, 6.45) is 1.74. The zero-order chi connectivity index (χ0) is 30.7. The van der Waals surface area contributed by atoms with Gasteiger partial charge in [0.25, 0.3) is 5.56 Å². The average molecular weight is 666 g/mol. The number of benzene rings is 3. The Balaban J connectivity index is 1.84. The molecule has 4 aromatic rings. The number of hydrogen-bond donors (Lipinski definition) is 0. The summed E-state index contributed by atoms with van der Waals surface area (Å²) in [6.45, 7) is 1.89. The van der Waals surface area contributed by atoms with E-state index in [1.807, 2.05) is 36.4 Å². The number of aromatic nitrogens is 1. The molecule has 1 aromatic heterocycles. The highest BCUT2D eigenvalue weighted by molar-refractivity contribution is 9.10. The Morgan fingerprint density at radius 2 is 1.63 bits per heavy atom. The summed E-state index contributed by atoms with van der Waals surface area (Å²) in [5.41, 5.74) is 2.35. The number of carbonyl (C=O) groups excluding carboxylic acids is 1. The summed E-state index contributed by atoms with van der Waals surface area (Å²) in [5, 5.41) is 0. The van der Waals surface area contributed by atoms with E-state index in [0.29, 0.717) is 53.6 Å². The van der Waals surface area contributed by atoms with Crippen molar-refractivity contribution in [3.8, 4) is 23.0 Å². The van der Waals surface area contributed by atoms with Gasteiger partial charge in [-0.15, -0.1) is 0 Å². The predicted molar refractivity (Wildman–Crippen MR) is 168 cm³/mol. The standard InChI is InChI=1S/C32H29BrN2O7S/c1-6-42-31(37)27-28(18-10-8-7-9-11-18)34-32-35(29(27)19-12-13-22(38-2)25(15-19)41-5)30(36)26(43-32)16-20-14-21(33)24(40-4)17-23(20)39-3/h7-17,29H,6H2,1-5H3/b26-16-/t29-/m1/s1. The SMILES string of the molecule is CCOC(=O)C1=C(c2ccccc2)N=c2s/c(=C\c3cc(Br)c(OC)cc3OC)c(=O)n2[C@@H]1c1ccc(OC)c(OC)c1. The third-order valence-electron chi connectivity index (χ3n) is 6.89. The van der Waals surface area contributed by atoms with Crippen molar-refractivity contribution in [1.29, 1.82) is 0 Å². The van der Waals surface area contributed by atoms with Gasteiger partial charge in [0.05, 0.1) is 61.4 Å². The van der Waals surface area contributed by atoms with Crippen LogP contribution in [-0.2, 0) is 9.53 Å². The van der Waals surface area contributed by atoms with Crippen molar-refractivity contribution in [3.05, 3.63) is 107 Å². The Hall–Kier alpha value is -4.35. The van der Waals surface area contributed by atoms with Crippen LogP contribution < -0.4 is 33.8 Å². The van der Waals surface area contributed by atoms with Crippen LogP contribution in [0, 0.1) is 0 Å². The monoisotopic (exact) mass is 664 g/mol. The van der Waals surface area contributed by atoms with Gasteiger partial charge in [-0.3, -0.25) is 9.36 Å². The van der Waals surface area contributed by atoms with E-state index in [9.17, 15) is 9.59 Å². The summed E-state index contributed by atoms with van der Waals surface area (Å²) < 4.78 is 30.2. The van der Waals surface area contributed by atoms with Gasteiger partial charge in [-0.05, 0) is 52.7 Å². The lowest BCUT2D eigenvalue weighted by Crippen LogP contribution is -2.40. The predicted octanol–water partition coefficient (Wildman–Crippen LogP) is 4.73. The maximum absolute atomic E-state index is 14.2. The quantitative estimate of drug-likeness (QED) is 0.239. The molecule has 1 atom stereocenters. The molecule has 0 saturated heterocycles. The van der Waals surface area contributed by atoms with Crippen LogP contribution in [0.2, 0.25) is 0 Å². The molecule has 222 valence electrons. The number of rotatable bonds is 9. The van der Waals surface area contributed by atoms with E-state index in [0.717, 1.165) is 5.56 Å². The molecule has 0 amide bonds. The van der Waals surface area contributed by atoms with E-state index < -0.39 is 12.0 Å². The summed E-state index contributed by atoms with van der Waals surface area (Å²) in [4.78, 5) is 33.2.